The van der Waals surface area contributed by atoms with E-state index in [1.165, 1.54) is 26.4 Å². The van der Waals surface area contributed by atoms with Crippen molar-refractivity contribution in [2.45, 2.75) is 18.4 Å². The molecule has 1 N–H and O–H groups in total. The zero-order valence-electron chi connectivity index (χ0n) is 13.1. The van der Waals surface area contributed by atoms with Gasteiger partial charge in [-0.05, 0) is 42.3 Å². The van der Waals surface area contributed by atoms with Crippen molar-refractivity contribution in [3.63, 3.8) is 0 Å². The van der Waals surface area contributed by atoms with Gasteiger partial charge in [0.1, 0.15) is 11.5 Å². The molecule has 2 aromatic rings. The molecule has 0 fully saturated rings. The summed E-state index contributed by atoms with van der Waals surface area (Å²) in [4.78, 5) is 0.128. The fourth-order valence-electron chi connectivity index (χ4n) is 1.97. The first-order valence-electron chi connectivity index (χ1n) is 6.83. The predicted molar refractivity (Wildman–Crippen MR) is 89.8 cm³/mol. The summed E-state index contributed by atoms with van der Waals surface area (Å²) in [5.41, 5.74) is 1.55. The van der Waals surface area contributed by atoms with Crippen molar-refractivity contribution in [3.8, 4) is 11.5 Å². The van der Waals surface area contributed by atoms with Crippen LogP contribution in [0.4, 0.5) is 0 Å². The molecular formula is C16H18ClNO4S. The van der Waals surface area contributed by atoms with E-state index in [4.69, 9.17) is 21.1 Å². The van der Waals surface area contributed by atoms with Crippen molar-refractivity contribution < 1.29 is 17.9 Å². The number of benzene rings is 2. The largest absolute Gasteiger partial charge is 0.497 e. The summed E-state index contributed by atoms with van der Waals surface area (Å²) >= 11 is 5.99. The van der Waals surface area contributed by atoms with Gasteiger partial charge in [0, 0.05) is 17.6 Å². The third kappa shape index (κ3) is 4.37. The van der Waals surface area contributed by atoms with Gasteiger partial charge in [-0.3, -0.25) is 0 Å². The van der Waals surface area contributed by atoms with Crippen LogP contribution >= 0.6 is 11.6 Å². The van der Waals surface area contributed by atoms with Crippen LogP contribution in [0.5, 0.6) is 11.5 Å². The van der Waals surface area contributed by atoms with Gasteiger partial charge in [0.2, 0.25) is 10.0 Å². The Balaban J connectivity index is 2.20. The van der Waals surface area contributed by atoms with E-state index >= 15 is 0 Å². The summed E-state index contributed by atoms with van der Waals surface area (Å²) in [5, 5.41) is 0.413. The second kappa shape index (κ2) is 7.21. The summed E-state index contributed by atoms with van der Waals surface area (Å²) in [7, 11) is -0.576. The first-order valence-corrected chi connectivity index (χ1v) is 8.69. The highest BCUT2D eigenvalue weighted by Crippen LogP contribution is 2.23. The molecule has 7 heteroatoms. The Labute approximate surface area is 141 Å². The van der Waals surface area contributed by atoms with Crippen molar-refractivity contribution in [1.29, 1.82) is 0 Å². The normalized spacial score (nSPS) is 11.3. The molecule has 5 nitrogen and oxygen atoms in total. The van der Waals surface area contributed by atoms with Crippen LogP contribution in [0.1, 0.15) is 11.1 Å². The summed E-state index contributed by atoms with van der Waals surface area (Å²) in [5.74, 6) is 1.19. The quantitative estimate of drug-likeness (QED) is 0.864. The molecule has 0 atom stereocenters. The van der Waals surface area contributed by atoms with Crippen molar-refractivity contribution in [2.75, 3.05) is 14.2 Å². The highest BCUT2D eigenvalue weighted by Gasteiger charge is 2.15. The fourth-order valence-corrected chi connectivity index (χ4v) is 3.26. The van der Waals surface area contributed by atoms with E-state index in [9.17, 15) is 8.42 Å². The molecule has 2 rings (SSSR count). The second-order valence-electron chi connectivity index (χ2n) is 4.96. The minimum atomic E-state index is -3.65. The lowest BCUT2D eigenvalue weighted by molar-refractivity contribution is 0.393. The van der Waals surface area contributed by atoms with Gasteiger partial charge in [-0.2, -0.15) is 0 Å². The second-order valence-corrected chi connectivity index (χ2v) is 7.13. The van der Waals surface area contributed by atoms with Crippen LogP contribution in [0.15, 0.2) is 41.3 Å². The summed E-state index contributed by atoms with van der Waals surface area (Å²) in [6.07, 6.45) is 0. The molecule has 0 saturated carbocycles. The number of halogens is 1. The van der Waals surface area contributed by atoms with Gasteiger partial charge in [0.05, 0.1) is 19.1 Å². The summed E-state index contributed by atoms with van der Waals surface area (Å²) < 4.78 is 37.6. The summed E-state index contributed by atoms with van der Waals surface area (Å²) in [6, 6.07) is 9.84. The molecular weight excluding hydrogens is 338 g/mol. The number of hydrogen-bond donors (Lipinski definition) is 1. The zero-order chi connectivity index (χ0) is 17.0. The maximum atomic E-state index is 12.3. The van der Waals surface area contributed by atoms with Gasteiger partial charge < -0.3 is 9.47 Å². The van der Waals surface area contributed by atoms with Crippen LogP contribution in [0.2, 0.25) is 5.02 Å². The van der Waals surface area contributed by atoms with Crippen molar-refractivity contribution in [2.24, 2.45) is 0 Å². The molecule has 0 aliphatic carbocycles. The Hall–Kier alpha value is -1.76. The van der Waals surface area contributed by atoms with Crippen molar-refractivity contribution in [1.82, 2.24) is 4.72 Å². The Morgan fingerprint density at radius 2 is 1.65 bits per heavy atom. The molecule has 0 spiro atoms. The number of methoxy groups -OCH3 is 2. The van der Waals surface area contributed by atoms with Gasteiger partial charge in [0.15, 0.2) is 0 Å². The SMILES string of the molecule is COc1cc(CNS(=O)(=O)c2ccc(C)c(Cl)c2)cc(OC)c1. The number of nitrogens with one attached hydrogen (secondary N) is 1. The summed E-state index contributed by atoms with van der Waals surface area (Å²) in [6.45, 7) is 1.93. The monoisotopic (exact) mass is 355 g/mol. The Morgan fingerprint density at radius 3 is 2.17 bits per heavy atom. The van der Waals surface area contributed by atoms with E-state index in [2.05, 4.69) is 4.72 Å². The minimum absolute atomic E-state index is 0.112. The first kappa shape index (κ1) is 17.6. The van der Waals surface area contributed by atoms with Crippen molar-refractivity contribution >= 4 is 21.6 Å². The van der Waals surface area contributed by atoms with Crippen LogP contribution < -0.4 is 14.2 Å². The standard InChI is InChI=1S/C16H18ClNO4S/c1-11-4-5-15(9-16(11)17)23(19,20)18-10-12-6-13(21-2)8-14(7-12)22-3/h4-9,18H,10H2,1-3H3. The molecule has 0 radical (unpaired) electrons. The molecule has 0 aliphatic heterocycles. The molecule has 0 aromatic heterocycles. The highest BCUT2D eigenvalue weighted by molar-refractivity contribution is 7.89. The van der Waals surface area contributed by atoms with Gasteiger partial charge >= 0.3 is 0 Å². The molecule has 0 heterocycles. The van der Waals surface area contributed by atoms with E-state index in [1.807, 2.05) is 6.92 Å². The molecule has 0 aliphatic rings. The molecule has 0 unspecified atom stereocenters. The van der Waals surface area contributed by atoms with Crippen LogP contribution in [0, 0.1) is 6.92 Å². The van der Waals surface area contributed by atoms with Crippen LogP contribution in [-0.4, -0.2) is 22.6 Å². The van der Waals surface area contributed by atoms with Gasteiger partial charge in [-0.1, -0.05) is 17.7 Å². The predicted octanol–water partition coefficient (Wildman–Crippen LogP) is 3.14. The molecule has 124 valence electrons. The maximum absolute atomic E-state index is 12.3. The number of ether oxygens (including phenoxy) is 2. The van der Waals surface area contributed by atoms with Crippen LogP contribution in [-0.2, 0) is 16.6 Å². The lowest BCUT2D eigenvalue weighted by Gasteiger charge is -2.11. The van der Waals surface area contributed by atoms with Crippen molar-refractivity contribution in [3.05, 3.63) is 52.5 Å². The fraction of sp³-hybridized carbons (Fsp3) is 0.250. The third-order valence-electron chi connectivity index (χ3n) is 3.33. The first-order chi connectivity index (χ1) is 10.9. The number of aryl methyl sites for hydroxylation is 1. The topological polar surface area (TPSA) is 64.6 Å². The minimum Gasteiger partial charge on any atom is -0.497 e. The lowest BCUT2D eigenvalue weighted by atomic mass is 10.2. The molecule has 2 aromatic carbocycles. The number of hydrogen-bond acceptors (Lipinski definition) is 4. The van der Waals surface area contributed by atoms with E-state index in [1.54, 1.807) is 24.3 Å². The maximum Gasteiger partial charge on any atom is 0.240 e. The van der Waals surface area contributed by atoms with Crippen LogP contribution in [0.3, 0.4) is 0 Å². The number of sulfonamides is 1. The average molecular weight is 356 g/mol. The molecule has 23 heavy (non-hydrogen) atoms. The molecule has 0 bridgehead atoms. The van der Waals surface area contributed by atoms with Gasteiger partial charge in [-0.25, -0.2) is 13.1 Å². The highest BCUT2D eigenvalue weighted by atomic mass is 35.5. The molecule has 0 amide bonds. The van der Waals surface area contributed by atoms with Crippen LogP contribution in [0.25, 0.3) is 0 Å². The lowest BCUT2D eigenvalue weighted by Crippen LogP contribution is -2.23. The Bertz CT molecular complexity index is 783. The molecule has 0 saturated heterocycles. The van der Waals surface area contributed by atoms with Gasteiger partial charge in [-0.15, -0.1) is 0 Å². The van der Waals surface area contributed by atoms with Gasteiger partial charge in [0.25, 0.3) is 0 Å². The van der Waals surface area contributed by atoms with E-state index in [0.717, 1.165) is 11.1 Å². The zero-order valence-corrected chi connectivity index (χ0v) is 14.7. The Morgan fingerprint density at radius 1 is 1.04 bits per heavy atom. The number of rotatable bonds is 6. The van der Waals surface area contributed by atoms with E-state index in [0.29, 0.717) is 16.5 Å². The van der Waals surface area contributed by atoms with E-state index < -0.39 is 10.0 Å². The third-order valence-corrected chi connectivity index (χ3v) is 5.14. The van der Waals surface area contributed by atoms with E-state index in [-0.39, 0.29) is 11.4 Å². The Kier molecular flexibility index (Phi) is 5.51. The smallest absolute Gasteiger partial charge is 0.240 e. The average Bonchev–Trinajstić information content (AvgIpc) is 2.55.